The predicted molar refractivity (Wildman–Crippen MR) is 71.2 cm³/mol. The van der Waals surface area contributed by atoms with Crippen molar-refractivity contribution in [2.75, 3.05) is 13.7 Å². The van der Waals surface area contributed by atoms with Gasteiger partial charge in [0.2, 0.25) is 0 Å². The molecule has 0 aromatic carbocycles. The Balaban J connectivity index is 4.23. The number of ether oxygens (including phenoxy) is 1. The maximum absolute atomic E-state index is 11.6. The first-order valence-corrected chi connectivity index (χ1v) is 6.54. The number of urea groups is 1. The molecule has 5 heteroatoms. The summed E-state index contributed by atoms with van der Waals surface area (Å²) in [6, 6.07) is -0.898. The average Bonchev–Trinajstić information content (AvgIpc) is 2.33. The van der Waals surface area contributed by atoms with Gasteiger partial charge in [-0.3, -0.25) is 0 Å². The predicted octanol–water partition coefficient (Wildman–Crippen LogP) is 1.92. The minimum atomic E-state index is -0.584. The van der Waals surface area contributed by atoms with Crippen molar-refractivity contribution in [1.29, 1.82) is 0 Å². The molecule has 2 atom stereocenters. The molecule has 0 bridgehead atoms. The molecule has 0 saturated carbocycles. The number of hydrogen-bond donors (Lipinski definition) is 2. The molecule has 0 aromatic heterocycles. The van der Waals surface area contributed by atoms with Crippen molar-refractivity contribution in [1.82, 2.24) is 10.6 Å². The van der Waals surface area contributed by atoms with Crippen LogP contribution in [0.5, 0.6) is 0 Å². The number of amides is 2. The lowest BCUT2D eigenvalue weighted by Crippen LogP contribution is -2.49. The molecule has 2 N–H and O–H groups in total. The maximum Gasteiger partial charge on any atom is 0.328 e. The van der Waals surface area contributed by atoms with Crippen LogP contribution in [0.2, 0.25) is 0 Å². The van der Waals surface area contributed by atoms with Crippen LogP contribution in [0.15, 0.2) is 0 Å². The van der Waals surface area contributed by atoms with Crippen LogP contribution in [0, 0.1) is 11.8 Å². The second kappa shape index (κ2) is 8.78. The summed E-state index contributed by atoms with van der Waals surface area (Å²) in [6.45, 7) is 8.68. The van der Waals surface area contributed by atoms with Crippen LogP contribution >= 0.6 is 0 Å². The topological polar surface area (TPSA) is 67.4 Å². The fourth-order valence-corrected chi connectivity index (χ4v) is 1.46. The van der Waals surface area contributed by atoms with Gasteiger partial charge in [-0.15, -0.1) is 0 Å². The highest BCUT2D eigenvalue weighted by Crippen LogP contribution is 2.09. The summed E-state index contributed by atoms with van der Waals surface area (Å²) in [5, 5.41) is 5.41. The number of esters is 1. The quantitative estimate of drug-likeness (QED) is 0.686. The van der Waals surface area contributed by atoms with Crippen LogP contribution in [-0.4, -0.2) is 31.7 Å². The SMILES string of the molecule is CC[C@@H](C)[C@H](NC(=O)NCCC(C)C)C(=O)OC. The molecule has 0 rings (SSSR count). The Labute approximate surface area is 110 Å². The smallest absolute Gasteiger partial charge is 0.328 e. The van der Waals surface area contributed by atoms with E-state index in [-0.39, 0.29) is 11.9 Å². The van der Waals surface area contributed by atoms with E-state index in [9.17, 15) is 9.59 Å². The van der Waals surface area contributed by atoms with Crippen LogP contribution in [0.25, 0.3) is 0 Å². The van der Waals surface area contributed by atoms with Gasteiger partial charge in [0.05, 0.1) is 7.11 Å². The summed E-state index contributed by atoms with van der Waals surface area (Å²) in [6.07, 6.45) is 1.71. The molecule has 0 aliphatic carbocycles. The summed E-state index contributed by atoms with van der Waals surface area (Å²) >= 11 is 0. The van der Waals surface area contributed by atoms with E-state index in [1.165, 1.54) is 7.11 Å². The highest BCUT2D eigenvalue weighted by Gasteiger charge is 2.26. The Morgan fingerprint density at radius 3 is 2.28 bits per heavy atom. The summed E-state index contributed by atoms with van der Waals surface area (Å²) < 4.78 is 4.70. The standard InChI is InChI=1S/C13H26N2O3/c1-6-10(4)11(12(16)18-5)15-13(17)14-8-7-9(2)3/h9-11H,6-8H2,1-5H3,(H2,14,15,17)/t10-,11+/m1/s1. The van der Waals surface area contributed by atoms with E-state index in [2.05, 4.69) is 24.5 Å². The number of nitrogens with one attached hydrogen (secondary N) is 2. The van der Waals surface area contributed by atoms with Crippen molar-refractivity contribution in [3.63, 3.8) is 0 Å². The molecule has 0 aliphatic rings. The van der Waals surface area contributed by atoms with Gasteiger partial charge in [0, 0.05) is 6.54 Å². The van der Waals surface area contributed by atoms with E-state index in [1.54, 1.807) is 0 Å². The third-order valence-corrected chi connectivity index (χ3v) is 2.96. The number of methoxy groups -OCH3 is 1. The monoisotopic (exact) mass is 258 g/mol. The molecule has 0 saturated heterocycles. The van der Waals surface area contributed by atoms with Crippen LogP contribution in [0.3, 0.4) is 0 Å². The van der Waals surface area contributed by atoms with Crippen molar-refractivity contribution >= 4 is 12.0 Å². The van der Waals surface area contributed by atoms with Crippen LogP contribution in [-0.2, 0) is 9.53 Å². The Morgan fingerprint density at radius 1 is 1.22 bits per heavy atom. The molecular weight excluding hydrogens is 232 g/mol. The molecular formula is C13H26N2O3. The van der Waals surface area contributed by atoms with Gasteiger partial charge in [0.25, 0.3) is 0 Å². The van der Waals surface area contributed by atoms with Gasteiger partial charge in [0.1, 0.15) is 6.04 Å². The number of rotatable bonds is 7. The van der Waals surface area contributed by atoms with Crippen molar-refractivity contribution < 1.29 is 14.3 Å². The van der Waals surface area contributed by atoms with Gasteiger partial charge >= 0.3 is 12.0 Å². The zero-order valence-electron chi connectivity index (χ0n) is 12.1. The van der Waals surface area contributed by atoms with Crippen molar-refractivity contribution in [3.05, 3.63) is 0 Å². The van der Waals surface area contributed by atoms with Crippen LogP contribution in [0.4, 0.5) is 4.79 Å². The minimum absolute atomic E-state index is 0.0494. The van der Waals surface area contributed by atoms with Gasteiger partial charge in [-0.25, -0.2) is 9.59 Å². The highest BCUT2D eigenvalue weighted by atomic mass is 16.5. The Bertz CT molecular complexity index is 267. The molecule has 0 radical (unpaired) electrons. The minimum Gasteiger partial charge on any atom is -0.467 e. The summed E-state index contributed by atoms with van der Waals surface area (Å²) in [5.41, 5.74) is 0. The molecule has 5 nitrogen and oxygen atoms in total. The van der Waals surface area contributed by atoms with Crippen molar-refractivity contribution in [2.45, 2.75) is 46.6 Å². The number of carbonyl (C=O) groups excluding carboxylic acids is 2. The number of hydrogen-bond acceptors (Lipinski definition) is 3. The zero-order chi connectivity index (χ0) is 14.1. The second-order valence-electron chi connectivity index (χ2n) is 4.97. The molecule has 0 aromatic rings. The summed E-state index contributed by atoms with van der Waals surface area (Å²) in [7, 11) is 1.33. The molecule has 0 heterocycles. The van der Waals surface area contributed by atoms with Crippen molar-refractivity contribution in [2.24, 2.45) is 11.8 Å². The summed E-state index contributed by atoms with van der Waals surface area (Å²) in [4.78, 5) is 23.2. The second-order valence-corrected chi connectivity index (χ2v) is 4.97. The Hall–Kier alpha value is -1.26. The Morgan fingerprint density at radius 2 is 1.83 bits per heavy atom. The van der Waals surface area contributed by atoms with Crippen molar-refractivity contribution in [3.8, 4) is 0 Å². The Kier molecular flexibility index (Phi) is 8.16. The normalized spacial score (nSPS) is 13.9. The van der Waals surface area contributed by atoms with Crippen LogP contribution in [0.1, 0.15) is 40.5 Å². The average molecular weight is 258 g/mol. The zero-order valence-corrected chi connectivity index (χ0v) is 12.1. The van der Waals surface area contributed by atoms with Gasteiger partial charge < -0.3 is 15.4 Å². The van der Waals surface area contributed by atoms with Gasteiger partial charge in [-0.2, -0.15) is 0 Å². The molecule has 106 valence electrons. The van der Waals surface area contributed by atoms with Gasteiger partial charge in [-0.05, 0) is 18.3 Å². The third kappa shape index (κ3) is 6.47. The van der Waals surface area contributed by atoms with E-state index in [0.717, 1.165) is 12.8 Å². The van der Waals surface area contributed by atoms with Gasteiger partial charge in [0.15, 0.2) is 0 Å². The molecule has 0 aliphatic heterocycles. The summed E-state index contributed by atoms with van der Waals surface area (Å²) in [5.74, 6) is 0.188. The van der Waals surface area contributed by atoms with E-state index in [0.29, 0.717) is 12.5 Å². The lowest BCUT2D eigenvalue weighted by atomic mass is 9.99. The molecule has 2 amide bonds. The first kappa shape index (κ1) is 16.7. The molecule has 0 fully saturated rings. The molecule has 18 heavy (non-hydrogen) atoms. The first-order valence-electron chi connectivity index (χ1n) is 6.54. The lowest BCUT2D eigenvalue weighted by molar-refractivity contribution is -0.144. The fraction of sp³-hybridized carbons (Fsp3) is 0.846. The maximum atomic E-state index is 11.6. The molecule has 0 spiro atoms. The van der Waals surface area contributed by atoms with Crippen LogP contribution < -0.4 is 10.6 Å². The largest absolute Gasteiger partial charge is 0.467 e. The highest BCUT2D eigenvalue weighted by molar-refractivity contribution is 5.83. The van der Waals surface area contributed by atoms with Gasteiger partial charge in [-0.1, -0.05) is 34.1 Å². The molecule has 0 unspecified atom stereocenters. The van der Waals surface area contributed by atoms with E-state index in [4.69, 9.17) is 4.74 Å². The third-order valence-electron chi connectivity index (χ3n) is 2.96. The lowest BCUT2D eigenvalue weighted by Gasteiger charge is -2.22. The first-order chi connectivity index (χ1) is 8.42. The van der Waals surface area contributed by atoms with E-state index < -0.39 is 12.0 Å². The number of carbonyl (C=O) groups is 2. The van der Waals surface area contributed by atoms with E-state index >= 15 is 0 Å². The van der Waals surface area contributed by atoms with E-state index in [1.807, 2.05) is 13.8 Å². The fourth-order valence-electron chi connectivity index (χ4n) is 1.46.